The molecule has 3 atom stereocenters. The van der Waals surface area contributed by atoms with Crippen LogP contribution in [-0.2, 0) is 4.79 Å². The van der Waals surface area contributed by atoms with Crippen molar-refractivity contribution in [2.45, 2.75) is 59.3 Å². The first kappa shape index (κ1) is 13.1. The van der Waals surface area contributed by atoms with Crippen LogP contribution in [0.15, 0.2) is 0 Å². The van der Waals surface area contributed by atoms with Crippen molar-refractivity contribution in [3.05, 3.63) is 0 Å². The molecular formula is C15H26O2. The van der Waals surface area contributed by atoms with Crippen molar-refractivity contribution in [2.24, 2.45) is 22.7 Å². The summed E-state index contributed by atoms with van der Waals surface area (Å²) in [5.74, 6) is 1.71. The zero-order chi connectivity index (χ0) is 12.7. The molecule has 0 amide bonds. The SMILES string of the molecule is CC(C)C1CCC2(CO)CCCC(=O)C2(C)C1. The summed E-state index contributed by atoms with van der Waals surface area (Å²) in [5.41, 5.74) is -0.360. The quantitative estimate of drug-likeness (QED) is 0.802. The fraction of sp³-hybridized carbons (Fsp3) is 0.933. The van der Waals surface area contributed by atoms with E-state index in [9.17, 15) is 9.90 Å². The third kappa shape index (κ3) is 1.85. The molecule has 0 aliphatic heterocycles. The van der Waals surface area contributed by atoms with Crippen LogP contribution in [0.4, 0.5) is 0 Å². The first-order valence-electron chi connectivity index (χ1n) is 7.09. The molecule has 2 fully saturated rings. The maximum Gasteiger partial charge on any atom is 0.139 e. The molecule has 0 aromatic heterocycles. The van der Waals surface area contributed by atoms with Crippen molar-refractivity contribution in [3.8, 4) is 0 Å². The monoisotopic (exact) mass is 238 g/mol. The first-order chi connectivity index (χ1) is 7.95. The summed E-state index contributed by atoms with van der Waals surface area (Å²) in [5, 5.41) is 9.83. The summed E-state index contributed by atoms with van der Waals surface area (Å²) in [6.45, 7) is 6.83. The summed E-state index contributed by atoms with van der Waals surface area (Å²) in [4.78, 5) is 12.4. The average Bonchev–Trinajstić information content (AvgIpc) is 2.30. The number of ketones is 1. The Hall–Kier alpha value is -0.370. The number of hydrogen-bond donors (Lipinski definition) is 1. The van der Waals surface area contributed by atoms with E-state index in [1.54, 1.807) is 0 Å². The van der Waals surface area contributed by atoms with Crippen molar-refractivity contribution in [3.63, 3.8) is 0 Å². The Morgan fingerprint density at radius 3 is 2.71 bits per heavy atom. The standard InChI is InChI=1S/C15H26O2/c1-11(2)12-6-8-15(10-16)7-4-5-13(17)14(15,3)9-12/h11-12,16H,4-10H2,1-3H3. The molecule has 17 heavy (non-hydrogen) atoms. The molecule has 2 nitrogen and oxygen atoms in total. The predicted molar refractivity (Wildman–Crippen MR) is 68.7 cm³/mol. The highest BCUT2D eigenvalue weighted by atomic mass is 16.3. The lowest BCUT2D eigenvalue weighted by atomic mass is 9.48. The van der Waals surface area contributed by atoms with Gasteiger partial charge in [-0.1, -0.05) is 20.8 Å². The van der Waals surface area contributed by atoms with E-state index in [-0.39, 0.29) is 17.4 Å². The van der Waals surface area contributed by atoms with Crippen molar-refractivity contribution in [1.29, 1.82) is 0 Å². The normalized spacial score (nSPS) is 42.6. The molecular weight excluding hydrogens is 212 g/mol. The van der Waals surface area contributed by atoms with Crippen LogP contribution < -0.4 is 0 Å². The predicted octanol–water partition coefficient (Wildman–Crippen LogP) is 3.18. The highest BCUT2D eigenvalue weighted by molar-refractivity contribution is 5.86. The van der Waals surface area contributed by atoms with E-state index in [2.05, 4.69) is 20.8 Å². The second-order valence-corrected chi connectivity index (χ2v) is 6.79. The molecule has 0 spiro atoms. The van der Waals surface area contributed by atoms with Gasteiger partial charge >= 0.3 is 0 Å². The zero-order valence-electron chi connectivity index (χ0n) is 11.5. The Morgan fingerprint density at radius 1 is 1.41 bits per heavy atom. The summed E-state index contributed by atoms with van der Waals surface area (Å²) < 4.78 is 0. The molecule has 0 heterocycles. The lowest BCUT2D eigenvalue weighted by Gasteiger charge is -2.55. The van der Waals surface area contributed by atoms with Gasteiger partial charge in [0.1, 0.15) is 5.78 Å². The van der Waals surface area contributed by atoms with E-state index < -0.39 is 0 Å². The van der Waals surface area contributed by atoms with Gasteiger partial charge in [0.2, 0.25) is 0 Å². The molecule has 98 valence electrons. The van der Waals surface area contributed by atoms with E-state index in [1.807, 2.05) is 0 Å². The van der Waals surface area contributed by atoms with Gasteiger partial charge in [0.15, 0.2) is 0 Å². The molecule has 1 N–H and O–H groups in total. The number of aliphatic hydroxyl groups excluding tert-OH is 1. The van der Waals surface area contributed by atoms with Gasteiger partial charge in [-0.25, -0.2) is 0 Å². The van der Waals surface area contributed by atoms with Crippen molar-refractivity contribution < 1.29 is 9.90 Å². The van der Waals surface area contributed by atoms with E-state index in [0.717, 1.165) is 32.1 Å². The van der Waals surface area contributed by atoms with Gasteiger partial charge < -0.3 is 5.11 Å². The molecule has 0 bridgehead atoms. The van der Waals surface area contributed by atoms with E-state index in [1.165, 1.54) is 6.42 Å². The smallest absolute Gasteiger partial charge is 0.139 e. The molecule has 2 heteroatoms. The van der Waals surface area contributed by atoms with E-state index in [0.29, 0.717) is 17.6 Å². The molecule has 2 aliphatic rings. The average molecular weight is 238 g/mol. The zero-order valence-corrected chi connectivity index (χ0v) is 11.5. The molecule has 0 saturated heterocycles. The van der Waals surface area contributed by atoms with Crippen LogP contribution in [0, 0.1) is 22.7 Å². The Balaban J connectivity index is 2.30. The van der Waals surface area contributed by atoms with E-state index >= 15 is 0 Å². The summed E-state index contributed by atoms with van der Waals surface area (Å²) in [7, 11) is 0. The minimum Gasteiger partial charge on any atom is -0.396 e. The third-order valence-electron chi connectivity index (χ3n) is 5.75. The summed E-state index contributed by atoms with van der Waals surface area (Å²) in [6.07, 6.45) is 5.95. The number of carbonyl (C=O) groups is 1. The molecule has 0 aromatic carbocycles. The lowest BCUT2D eigenvalue weighted by molar-refractivity contribution is -0.155. The number of carbonyl (C=O) groups excluding carboxylic acids is 1. The Labute approximate surface area is 105 Å². The van der Waals surface area contributed by atoms with Crippen LogP contribution >= 0.6 is 0 Å². The maximum absolute atomic E-state index is 12.4. The van der Waals surface area contributed by atoms with Gasteiger partial charge in [-0.3, -0.25) is 4.79 Å². The maximum atomic E-state index is 12.4. The van der Waals surface area contributed by atoms with Gasteiger partial charge in [0, 0.05) is 23.9 Å². The Bertz CT molecular complexity index is 310. The Morgan fingerprint density at radius 2 is 2.12 bits per heavy atom. The van der Waals surface area contributed by atoms with Crippen molar-refractivity contribution in [2.75, 3.05) is 6.61 Å². The molecule has 2 aliphatic carbocycles. The highest BCUT2D eigenvalue weighted by Crippen LogP contribution is 2.59. The fourth-order valence-electron chi connectivity index (χ4n) is 4.16. The molecule has 2 saturated carbocycles. The van der Waals surface area contributed by atoms with Crippen molar-refractivity contribution in [1.82, 2.24) is 0 Å². The van der Waals surface area contributed by atoms with Crippen LogP contribution in [0.3, 0.4) is 0 Å². The highest BCUT2D eigenvalue weighted by Gasteiger charge is 2.56. The number of Topliss-reactive ketones (excluding diaryl/α,β-unsaturated/α-hetero) is 1. The number of fused-ring (bicyclic) bond motifs is 1. The first-order valence-corrected chi connectivity index (χ1v) is 7.09. The van der Waals surface area contributed by atoms with Crippen LogP contribution in [-0.4, -0.2) is 17.5 Å². The molecule has 3 unspecified atom stereocenters. The third-order valence-corrected chi connectivity index (χ3v) is 5.75. The fourth-order valence-corrected chi connectivity index (χ4v) is 4.16. The van der Waals surface area contributed by atoms with Gasteiger partial charge in [-0.2, -0.15) is 0 Å². The lowest BCUT2D eigenvalue weighted by Crippen LogP contribution is -2.54. The van der Waals surface area contributed by atoms with Gasteiger partial charge in [-0.05, 0) is 43.9 Å². The Kier molecular flexibility index (Phi) is 3.37. The van der Waals surface area contributed by atoms with Gasteiger partial charge in [0.25, 0.3) is 0 Å². The summed E-state index contributed by atoms with van der Waals surface area (Å²) in [6, 6.07) is 0. The van der Waals surface area contributed by atoms with Gasteiger partial charge in [0.05, 0.1) is 0 Å². The second-order valence-electron chi connectivity index (χ2n) is 6.79. The molecule has 0 aromatic rings. The van der Waals surface area contributed by atoms with Crippen LogP contribution in [0.1, 0.15) is 59.3 Å². The summed E-state index contributed by atoms with van der Waals surface area (Å²) >= 11 is 0. The minimum atomic E-state index is -0.257. The number of rotatable bonds is 2. The van der Waals surface area contributed by atoms with Gasteiger partial charge in [-0.15, -0.1) is 0 Å². The minimum absolute atomic E-state index is 0.103. The topological polar surface area (TPSA) is 37.3 Å². The molecule has 2 rings (SSSR count). The molecule has 0 radical (unpaired) electrons. The largest absolute Gasteiger partial charge is 0.396 e. The second kappa shape index (κ2) is 4.38. The van der Waals surface area contributed by atoms with Crippen LogP contribution in [0.25, 0.3) is 0 Å². The number of aliphatic hydroxyl groups is 1. The van der Waals surface area contributed by atoms with Crippen LogP contribution in [0.5, 0.6) is 0 Å². The van der Waals surface area contributed by atoms with Crippen LogP contribution in [0.2, 0.25) is 0 Å². The van der Waals surface area contributed by atoms with Crippen molar-refractivity contribution >= 4 is 5.78 Å². The van der Waals surface area contributed by atoms with E-state index in [4.69, 9.17) is 0 Å². The number of hydrogen-bond acceptors (Lipinski definition) is 2.